The van der Waals surface area contributed by atoms with Gasteiger partial charge in [0.25, 0.3) is 5.91 Å². The van der Waals surface area contributed by atoms with E-state index in [0.29, 0.717) is 18.0 Å². The van der Waals surface area contributed by atoms with Gasteiger partial charge in [-0.05, 0) is 24.3 Å². The Morgan fingerprint density at radius 1 is 1.10 bits per heavy atom. The molecule has 1 saturated heterocycles. The minimum atomic E-state index is -0.224. The first kappa shape index (κ1) is 20.7. The SMILES string of the molecule is COc1cccc(NC(=O)CN(C)C(=O)C[NH+]2CCN(c3ccccc3)CC2)c1. The number of methoxy groups -OCH3 is 1. The number of likely N-dealkylation sites (N-methyl/N-ethyl adjacent to an activating group) is 1. The fourth-order valence-electron chi connectivity index (χ4n) is 3.45. The Hall–Kier alpha value is -3.06. The van der Waals surface area contributed by atoms with Crippen LogP contribution in [0.1, 0.15) is 0 Å². The van der Waals surface area contributed by atoms with E-state index in [2.05, 4.69) is 22.3 Å². The average Bonchev–Trinajstić information content (AvgIpc) is 2.75. The number of carbonyl (C=O) groups excluding carboxylic acids is 2. The minimum absolute atomic E-state index is 0.0195. The highest BCUT2D eigenvalue weighted by Gasteiger charge is 2.24. The van der Waals surface area contributed by atoms with Crippen molar-refractivity contribution >= 4 is 23.2 Å². The molecule has 3 rings (SSSR count). The summed E-state index contributed by atoms with van der Waals surface area (Å²) in [7, 11) is 3.25. The van der Waals surface area contributed by atoms with Crippen LogP contribution in [-0.4, -0.2) is 70.1 Å². The second-order valence-electron chi connectivity index (χ2n) is 7.28. The number of carbonyl (C=O) groups is 2. The van der Waals surface area contributed by atoms with Gasteiger partial charge in [-0.3, -0.25) is 9.59 Å². The van der Waals surface area contributed by atoms with E-state index >= 15 is 0 Å². The van der Waals surface area contributed by atoms with Crippen molar-refractivity contribution in [1.29, 1.82) is 0 Å². The number of quaternary nitrogens is 1. The van der Waals surface area contributed by atoms with Crippen LogP contribution in [0.5, 0.6) is 5.75 Å². The summed E-state index contributed by atoms with van der Waals surface area (Å²) in [4.78, 5) is 29.9. The van der Waals surface area contributed by atoms with Crippen molar-refractivity contribution < 1.29 is 19.2 Å². The maximum atomic E-state index is 12.5. The third-order valence-electron chi connectivity index (χ3n) is 5.15. The molecule has 1 aliphatic rings. The Morgan fingerprint density at radius 2 is 1.83 bits per heavy atom. The van der Waals surface area contributed by atoms with E-state index in [4.69, 9.17) is 4.74 Å². The normalized spacial score (nSPS) is 14.3. The van der Waals surface area contributed by atoms with E-state index in [0.717, 1.165) is 26.2 Å². The van der Waals surface area contributed by atoms with E-state index < -0.39 is 0 Å². The number of hydrogen-bond acceptors (Lipinski definition) is 4. The number of rotatable bonds is 7. The molecular formula is C22H29N4O3+. The van der Waals surface area contributed by atoms with Crippen LogP contribution in [0.4, 0.5) is 11.4 Å². The maximum absolute atomic E-state index is 12.5. The number of piperazine rings is 1. The van der Waals surface area contributed by atoms with Gasteiger partial charge in [0, 0.05) is 24.5 Å². The van der Waals surface area contributed by atoms with Crippen molar-refractivity contribution in [1.82, 2.24) is 4.90 Å². The molecular weight excluding hydrogens is 368 g/mol. The molecule has 0 spiro atoms. The molecule has 0 aromatic heterocycles. The molecule has 0 radical (unpaired) electrons. The Morgan fingerprint density at radius 3 is 2.52 bits per heavy atom. The summed E-state index contributed by atoms with van der Waals surface area (Å²) in [6.45, 7) is 4.10. The predicted molar refractivity (Wildman–Crippen MR) is 113 cm³/mol. The lowest BCUT2D eigenvalue weighted by molar-refractivity contribution is -0.892. The summed E-state index contributed by atoms with van der Waals surface area (Å²) in [5.74, 6) is 0.428. The number of benzene rings is 2. The van der Waals surface area contributed by atoms with Gasteiger partial charge in [-0.1, -0.05) is 24.3 Å². The summed E-state index contributed by atoms with van der Waals surface area (Å²) in [5, 5.41) is 2.80. The molecule has 7 nitrogen and oxygen atoms in total. The van der Waals surface area contributed by atoms with Gasteiger partial charge in [0.05, 0.1) is 39.8 Å². The van der Waals surface area contributed by atoms with Gasteiger partial charge >= 0.3 is 0 Å². The first-order valence-electron chi connectivity index (χ1n) is 9.86. The molecule has 154 valence electrons. The molecule has 0 bridgehead atoms. The Bertz CT molecular complexity index is 820. The lowest BCUT2D eigenvalue weighted by atomic mass is 10.2. The monoisotopic (exact) mass is 397 g/mol. The average molecular weight is 397 g/mol. The molecule has 0 aliphatic carbocycles. The largest absolute Gasteiger partial charge is 0.497 e. The number of ether oxygens (including phenoxy) is 1. The smallest absolute Gasteiger partial charge is 0.277 e. The van der Waals surface area contributed by atoms with Crippen molar-refractivity contribution in [2.24, 2.45) is 0 Å². The van der Waals surface area contributed by atoms with E-state index in [1.165, 1.54) is 15.5 Å². The van der Waals surface area contributed by atoms with Crippen molar-refractivity contribution in [3.63, 3.8) is 0 Å². The standard InChI is InChI=1S/C22H28N4O3/c1-24(16-21(27)23-18-7-6-10-20(15-18)29-2)22(28)17-25-11-13-26(14-12-25)19-8-4-3-5-9-19/h3-10,15H,11-14,16-17H2,1-2H3,(H,23,27)/p+1. The molecule has 2 aromatic carbocycles. The topological polar surface area (TPSA) is 66.3 Å². The highest BCUT2D eigenvalue weighted by molar-refractivity contribution is 5.94. The number of para-hydroxylation sites is 1. The first-order valence-corrected chi connectivity index (χ1v) is 9.86. The van der Waals surface area contributed by atoms with E-state index in [1.54, 1.807) is 26.3 Å². The summed E-state index contributed by atoms with van der Waals surface area (Å²) >= 11 is 0. The summed E-state index contributed by atoms with van der Waals surface area (Å²) in [6, 6.07) is 17.5. The Labute approximate surface area is 171 Å². The third kappa shape index (κ3) is 5.96. The van der Waals surface area contributed by atoms with E-state index in [-0.39, 0.29) is 18.4 Å². The van der Waals surface area contributed by atoms with E-state index in [9.17, 15) is 9.59 Å². The third-order valence-corrected chi connectivity index (χ3v) is 5.15. The molecule has 1 fully saturated rings. The molecule has 2 amide bonds. The summed E-state index contributed by atoms with van der Waals surface area (Å²) < 4.78 is 5.15. The Kier molecular flexibility index (Phi) is 7.08. The molecule has 2 N–H and O–H groups in total. The number of nitrogens with zero attached hydrogens (tertiary/aromatic N) is 2. The zero-order valence-corrected chi connectivity index (χ0v) is 17.1. The highest BCUT2D eigenvalue weighted by Crippen LogP contribution is 2.16. The van der Waals surface area contributed by atoms with Crippen LogP contribution >= 0.6 is 0 Å². The van der Waals surface area contributed by atoms with Crippen molar-refractivity contribution in [3.8, 4) is 5.75 Å². The van der Waals surface area contributed by atoms with Crippen LogP contribution in [0.3, 0.4) is 0 Å². The highest BCUT2D eigenvalue weighted by atomic mass is 16.5. The molecule has 1 aliphatic heterocycles. The number of anilines is 2. The van der Waals surface area contributed by atoms with Crippen LogP contribution < -0.4 is 19.9 Å². The second-order valence-corrected chi connectivity index (χ2v) is 7.28. The van der Waals surface area contributed by atoms with Gasteiger partial charge in [0.1, 0.15) is 5.75 Å². The van der Waals surface area contributed by atoms with Crippen LogP contribution in [0, 0.1) is 0 Å². The lowest BCUT2D eigenvalue weighted by Crippen LogP contribution is -3.15. The zero-order valence-electron chi connectivity index (χ0n) is 17.1. The van der Waals surface area contributed by atoms with Crippen LogP contribution in [0.25, 0.3) is 0 Å². The number of amides is 2. The van der Waals surface area contributed by atoms with Crippen LogP contribution in [0.2, 0.25) is 0 Å². The second kappa shape index (κ2) is 9.93. The number of nitrogens with one attached hydrogen (secondary N) is 2. The predicted octanol–water partition coefficient (Wildman–Crippen LogP) is 0.497. The Balaban J connectivity index is 1.42. The van der Waals surface area contributed by atoms with Gasteiger partial charge in [-0.25, -0.2) is 0 Å². The van der Waals surface area contributed by atoms with Gasteiger partial charge in [0.2, 0.25) is 5.91 Å². The van der Waals surface area contributed by atoms with Gasteiger partial charge in [-0.2, -0.15) is 0 Å². The van der Waals surface area contributed by atoms with Crippen LogP contribution in [-0.2, 0) is 9.59 Å². The fraction of sp³-hybridized carbons (Fsp3) is 0.364. The lowest BCUT2D eigenvalue weighted by Gasteiger charge is -2.33. The van der Waals surface area contributed by atoms with Gasteiger partial charge in [0.15, 0.2) is 6.54 Å². The molecule has 0 atom stereocenters. The van der Waals surface area contributed by atoms with Gasteiger partial charge < -0.3 is 24.8 Å². The molecule has 1 heterocycles. The quantitative estimate of drug-likeness (QED) is 0.714. The zero-order chi connectivity index (χ0) is 20.6. The molecule has 2 aromatic rings. The molecule has 0 unspecified atom stereocenters. The maximum Gasteiger partial charge on any atom is 0.277 e. The van der Waals surface area contributed by atoms with E-state index in [1.807, 2.05) is 30.3 Å². The van der Waals surface area contributed by atoms with Gasteiger partial charge in [-0.15, -0.1) is 0 Å². The van der Waals surface area contributed by atoms with Crippen molar-refractivity contribution in [2.45, 2.75) is 0 Å². The summed E-state index contributed by atoms with van der Waals surface area (Å²) in [5.41, 5.74) is 1.88. The van der Waals surface area contributed by atoms with Crippen LogP contribution in [0.15, 0.2) is 54.6 Å². The minimum Gasteiger partial charge on any atom is -0.497 e. The molecule has 0 saturated carbocycles. The molecule has 29 heavy (non-hydrogen) atoms. The number of hydrogen-bond donors (Lipinski definition) is 2. The molecule has 7 heteroatoms. The fourth-order valence-corrected chi connectivity index (χ4v) is 3.45. The summed E-state index contributed by atoms with van der Waals surface area (Å²) in [6.07, 6.45) is 0. The van der Waals surface area contributed by atoms with Crippen molar-refractivity contribution in [2.75, 3.05) is 63.6 Å². The van der Waals surface area contributed by atoms with Crippen molar-refractivity contribution in [3.05, 3.63) is 54.6 Å². The first-order chi connectivity index (χ1) is 14.0.